The molecule has 0 spiro atoms. The molecule has 17 heavy (non-hydrogen) atoms. The van der Waals surface area contributed by atoms with Gasteiger partial charge in [0.05, 0.1) is 7.11 Å². The summed E-state index contributed by atoms with van der Waals surface area (Å²) >= 11 is 0. The van der Waals surface area contributed by atoms with E-state index in [9.17, 15) is 4.79 Å². The molecule has 0 radical (unpaired) electrons. The molecule has 0 aromatic heterocycles. The molecule has 1 aromatic rings. The first-order chi connectivity index (χ1) is 8.24. The van der Waals surface area contributed by atoms with E-state index in [-0.39, 0.29) is 5.91 Å². The predicted molar refractivity (Wildman–Crippen MR) is 68.2 cm³/mol. The highest BCUT2D eigenvalue weighted by Crippen LogP contribution is 2.22. The number of rotatable bonds is 4. The van der Waals surface area contributed by atoms with Crippen molar-refractivity contribution in [1.29, 1.82) is 0 Å². The van der Waals surface area contributed by atoms with E-state index in [0.29, 0.717) is 17.4 Å². The zero-order chi connectivity index (χ0) is 12.3. The molecule has 90 valence electrons. The molecule has 1 amide bonds. The van der Waals surface area contributed by atoms with Crippen molar-refractivity contribution in [2.24, 2.45) is 0 Å². The van der Waals surface area contributed by atoms with Crippen molar-refractivity contribution in [1.82, 2.24) is 5.32 Å². The van der Waals surface area contributed by atoms with E-state index in [0.717, 1.165) is 18.4 Å². The van der Waals surface area contributed by atoms with Crippen LogP contribution in [0.2, 0.25) is 0 Å². The number of nitrogens with one attached hydrogen (secondary N) is 1. The smallest absolute Gasteiger partial charge is 0.251 e. The summed E-state index contributed by atoms with van der Waals surface area (Å²) in [6.07, 6.45) is 5.11. The van der Waals surface area contributed by atoms with Crippen LogP contribution in [-0.4, -0.2) is 19.1 Å². The predicted octanol–water partition coefficient (Wildman–Crippen LogP) is 2.62. The summed E-state index contributed by atoms with van der Waals surface area (Å²) in [5, 5.41) is 3.00. The standard InChI is InChI=1S/C14H17NO2/c1-3-10-7-8-11(9-13(10)17-2)14(16)15-12-5-4-6-12/h3,7-9,12H,1,4-6H2,2H3,(H,15,16). The van der Waals surface area contributed by atoms with Gasteiger partial charge < -0.3 is 10.1 Å². The van der Waals surface area contributed by atoms with Gasteiger partial charge in [-0.1, -0.05) is 18.7 Å². The Labute approximate surface area is 101 Å². The molecular formula is C14H17NO2. The SMILES string of the molecule is C=Cc1ccc(C(=O)NC2CCC2)cc1OC. The lowest BCUT2D eigenvalue weighted by molar-refractivity contribution is 0.0916. The first-order valence-corrected chi connectivity index (χ1v) is 5.86. The summed E-state index contributed by atoms with van der Waals surface area (Å²) in [7, 11) is 1.59. The lowest BCUT2D eigenvalue weighted by Crippen LogP contribution is -2.39. The minimum absolute atomic E-state index is 0.0244. The number of carbonyl (C=O) groups excluding carboxylic acids is 1. The molecule has 3 nitrogen and oxygen atoms in total. The van der Waals surface area contributed by atoms with Crippen LogP contribution in [-0.2, 0) is 0 Å². The van der Waals surface area contributed by atoms with E-state index >= 15 is 0 Å². The normalized spacial score (nSPS) is 14.9. The molecule has 1 aliphatic carbocycles. The Bertz CT molecular complexity index is 436. The third-order valence-corrected chi connectivity index (χ3v) is 3.16. The van der Waals surface area contributed by atoms with Gasteiger partial charge in [0.25, 0.3) is 5.91 Å². The van der Waals surface area contributed by atoms with Gasteiger partial charge in [-0.15, -0.1) is 0 Å². The maximum absolute atomic E-state index is 11.9. The zero-order valence-electron chi connectivity index (χ0n) is 10.0. The first kappa shape index (κ1) is 11.7. The highest BCUT2D eigenvalue weighted by molar-refractivity contribution is 5.95. The van der Waals surface area contributed by atoms with Gasteiger partial charge in [0.1, 0.15) is 5.75 Å². The fourth-order valence-electron chi connectivity index (χ4n) is 1.84. The fourth-order valence-corrected chi connectivity index (χ4v) is 1.84. The number of amides is 1. The lowest BCUT2D eigenvalue weighted by atomic mass is 9.93. The second kappa shape index (κ2) is 5.04. The summed E-state index contributed by atoms with van der Waals surface area (Å²) < 4.78 is 5.22. The van der Waals surface area contributed by atoms with Crippen molar-refractivity contribution < 1.29 is 9.53 Å². The van der Waals surface area contributed by atoms with E-state index in [4.69, 9.17) is 4.74 Å². The molecule has 0 atom stereocenters. The average Bonchev–Trinajstić information content (AvgIpc) is 2.32. The third-order valence-electron chi connectivity index (χ3n) is 3.16. The van der Waals surface area contributed by atoms with Gasteiger partial charge in [0.15, 0.2) is 0 Å². The van der Waals surface area contributed by atoms with Crippen LogP contribution in [0.15, 0.2) is 24.8 Å². The van der Waals surface area contributed by atoms with Crippen LogP contribution in [0.3, 0.4) is 0 Å². The minimum atomic E-state index is -0.0244. The topological polar surface area (TPSA) is 38.3 Å². The highest BCUT2D eigenvalue weighted by atomic mass is 16.5. The van der Waals surface area contributed by atoms with Gasteiger partial charge in [-0.3, -0.25) is 4.79 Å². The number of carbonyl (C=O) groups is 1. The largest absolute Gasteiger partial charge is 0.496 e. The Hall–Kier alpha value is -1.77. The summed E-state index contributed by atoms with van der Waals surface area (Å²) in [6.45, 7) is 3.70. The molecular weight excluding hydrogens is 214 g/mol. The van der Waals surface area contributed by atoms with Crippen LogP contribution in [0, 0.1) is 0 Å². The molecule has 0 heterocycles. The minimum Gasteiger partial charge on any atom is -0.496 e. The second-order valence-electron chi connectivity index (χ2n) is 4.26. The van der Waals surface area contributed by atoms with Crippen LogP contribution in [0.25, 0.3) is 6.08 Å². The van der Waals surface area contributed by atoms with Crippen molar-refractivity contribution in [2.45, 2.75) is 25.3 Å². The third kappa shape index (κ3) is 2.49. The van der Waals surface area contributed by atoms with E-state index in [1.807, 2.05) is 6.07 Å². The van der Waals surface area contributed by atoms with E-state index in [1.54, 1.807) is 25.3 Å². The molecule has 0 aliphatic heterocycles. The number of benzene rings is 1. The average molecular weight is 231 g/mol. The second-order valence-corrected chi connectivity index (χ2v) is 4.26. The van der Waals surface area contributed by atoms with Crippen molar-refractivity contribution in [2.75, 3.05) is 7.11 Å². The molecule has 1 aliphatic rings. The number of hydrogen-bond acceptors (Lipinski definition) is 2. The highest BCUT2D eigenvalue weighted by Gasteiger charge is 2.20. The molecule has 2 rings (SSSR count). The Morgan fingerprint density at radius 2 is 2.29 bits per heavy atom. The summed E-state index contributed by atoms with van der Waals surface area (Å²) in [5.41, 5.74) is 1.53. The maximum atomic E-state index is 11.9. The van der Waals surface area contributed by atoms with Crippen molar-refractivity contribution >= 4 is 12.0 Å². The molecule has 3 heteroatoms. The van der Waals surface area contributed by atoms with Gasteiger partial charge in [0.2, 0.25) is 0 Å². The van der Waals surface area contributed by atoms with Crippen molar-refractivity contribution in [3.8, 4) is 5.75 Å². The summed E-state index contributed by atoms with van der Waals surface area (Å²) in [5.74, 6) is 0.657. The van der Waals surface area contributed by atoms with Gasteiger partial charge in [0, 0.05) is 17.2 Å². The quantitative estimate of drug-likeness (QED) is 0.865. The molecule has 0 unspecified atom stereocenters. The maximum Gasteiger partial charge on any atom is 0.251 e. The Morgan fingerprint density at radius 1 is 1.53 bits per heavy atom. The first-order valence-electron chi connectivity index (χ1n) is 5.86. The number of methoxy groups -OCH3 is 1. The molecule has 0 bridgehead atoms. The van der Waals surface area contributed by atoms with Gasteiger partial charge in [-0.25, -0.2) is 0 Å². The van der Waals surface area contributed by atoms with Gasteiger partial charge in [-0.2, -0.15) is 0 Å². The van der Waals surface area contributed by atoms with Crippen LogP contribution in [0.5, 0.6) is 5.75 Å². The molecule has 1 N–H and O–H groups in total. The van der Waals surface area contributed by atoms with Crippen LogP contribution in [0.4, 0.5) is 0 Å². The molecule has 1 aromatic carbocycles. The van der Waals surface area contributed by atoms with Gasteiger partial charge >= 0.3 is 0 Å². The fraction of sp³-hybridized carbons (Fsp3) is 0.357. The Kier molecular flexibility index (Phi) is 3.47. The van der Waals surface area contributed by atoms with Crippen LogP contribution in [0.1, 0.15) is 35.2 Å². The number of ether oxygens (including phenoxy) is 1. The van der Waals surface area contributed by atoms with Crippen molar-refractivity contribution in [3.63, 3.8) is 0 Å². The van der Waals surface area contributed by atoms with Gasteiger partial charge in [-0.05, 0) is 31.4 Å². The zero-order valence-corrected chi connectivity index (χ0v) is 10.0. The monoisotopic (exact) mass is 231 g/mol. The summed E-state index contributed by atoms with van der Waals surface area (Å²) in [6, 6.07) is 5.76. The van der Waals surface area contributed by atoms with E-state index in [1.165, 1.54) is 6.42 Å². The molecule has 0 saturated heterocycles. The lowest BCUT2D eigenvalue weighted by Gasteiger charge is -2.26. The number of hydrogen-bond donors (Lipinski definition) is 1. The van der Waals surface area contributed by atoms with Crippen molar-refractivity contribution in [3.05, 3.63) is 35.9 Å². The summed E-state index contributed by atoms with van der Waals surface area (Å²) in [4.78, 5) is 11.9. The molecule has 1 saturated carbocycles. The Balaban J connectivity index is 2.14. The van der Waals surface area contributed by atoms with E-state index < -0.39 is 0 Å². The van der Waals surface area contributed by atoms with Crippen LogP contribution >= 0.6 is 0 Å². The van der Waals surface area contributed by atoms with Crippen LogP contribution < -0.4 is 10.1 Å². The Morgan fingerprint density at radius 3 is 2.82 bits per heavy atom. The van der Waals surface area contributed by atoms with E-state index in [2.05, 4.69) is 11.9 Å². The molecule has 1 fully saturated rings.